The van der Waals surface area contributed by atoms with Gasteiger partial charge in [-0.1, -0.05) is 54.2 Å². The molecule has 0 aliphatic carbocycles. The lowest BCUT2D eigenvalue weighted by Gasteiger charge is -2.16. The molecule has 1 atom stereocenters. The smallest absolute Gasteiger partial charge is 0.231 e. The van der Waals surface area contributed by atoms with Crippen molar-refractivity contribution in [3.05, 3.63) is 84.4 Å². The summed E-state index contributed by atoms with van der Waals surface area (Å²) < 4.78 is 7.60. The second-order valence-corrected chi connectivity index (χ2v) is 8.80. The van der Waals surface area contributed by atoms with Gasteiger partial charge < -0.3 is 10.1 Å². The lowest BCUT2D eigenvalue weighted by molar-refractivity contribution is -0.125. The van der Waals surface area contributed by atoms with E-state index in [0.717, 1.165) is 28.0 Å². The molecule has 34 heavy (non-hydrogen) atoms. The Kier molecular flexibility index (Phi) is 7.65. The third-order valence-electron chi connectivity index (χ3n) is 5.38. The van der Waals surface area contributed by atoms with E-state index < -0.39 is 6.04 Å². The third kappa shape index (κ3) is 5.66. The molecular formula is C27H27N3O3S. The normalized spacial score (nSPS) is 11.8. The fraction of sp³-hybridized carbons (Fsp3) is 0.222. The molecule has 1 aromatic heterocycles. The van der Waals surface area contributed by atoms with Crippen LogP contribution in [0.1, 0.15) is 19.4 Å². The number of hydrogen-bond donors (Lipinski definition) is 1. The Labute approximate surface area is 203 Å². The molecule has 0 aliphatic heterocycles. The molecule has 1 heterocycles. The Hall–Kier alpha value is -3.58. The van der Waals surface area contributed by atoms with Crippen LogP contribution in [0.15, 0.2) is 84.0 Å². The molecule has 0 fully saturated rings. The fourth-order valence-corrected chi connectivity index (χ4v) is 4.56. The van der Waals surface area contributed by atoms with E-state index in [1.54, 1.807) is 0 Å². The summed E-state index contributed by atoms with van der Waals surface area (Å²) in [5, 5.41) is 3.60. The van der Waals surface area contributed by atoms with Crippen molar-refractivity contribution in [3.63, 3.8) is 0 Å². The number of ketones is 1. The average Bonchev–Trinajstić information content (AvgIpc) is 3.22. The van der Waals surface area contributed by atoms with Gasteiger partial charge in [-0.2, -0.15) is 0 Å². The molecule has 1 N–H and O–H groups in total. The predicted octanol–water partition coefficient (Wildman–Crippen LogP) is 4.83. The number of hydrogen-bond acceptors (Lipinski definition) is 5. The van der Waals surface area contributed by atoms with Gasteiger partial charge in [0.15, 0.2) is 10.9 Å². The number of benzene rings is 3. The minimum Gasteiger partial charge on any atom is -0.494 e. The zero-order chi connectivity index (χ0) is 23.9. The molecule has 0 unspecified atom stereocenters. The van der Waals surface area contributed by atoms with E-state index >= 15 is 0 Å². The summed E-state index contributed by atoms with van der Waals surface area (Å²) in [5.41, 5.74) is 3.75. The first-order valence-corrected chi connectivity index (χ1v) is 12.2. The lowest BCUT2D eigenvalue weighted by Crippen LogP contribution is -2.42. The van der Waals surface area contributed by atoms with E-state index in [9.17, 15) is 9.59 Å². The number of nitrogens with one attached hydrogen (secondary N) is 1. The van der Waals surface area contributed by atoms with Crippen LogP contribution in [0.3, 0.4) is 0 Å². The van der Waals surface area contributed by atoms with Gasteiger partial charge in [0.1, 0.15) is 5.75 Å². The predicted molar refractivity (Wildman–Crippen MR) is 136 cm³/mol. The number of thioether (sulfide) groups is 1. The molecule has 4 aromatic rings. The lowest BCUT2D eigenvalue weighted by atomic mass is 10.0. The fourth-order valence-electron chi connectivity index (χ4n) is 3.72. The number of carbonyl (C=O) groups excluding carboxylic acids is 2. The van der Waals surface area contributed by atoms with Gasteiger partial charge in [-0.05, 0) is 62.2 Å². The number of ether oxygens (including phenoxy) is 1. The quantitative estimate of drug-likeness (QED) is 0.334. The molecule has 0 saturated heterocycles. The van der Waals surface area contributed by atoms with Gasteiger partial charge in [-0.3, -0.25) is 14.2 Å². The zero-order valence-electron chi connectivity index (χ0n) is 19.2. The number of para-hydroxylation sites is 2. The number of nitrogens with zero attached hydrogens (tertiary/aromatic N) is 2. The molecule has 1 amide bonds. The average molecular weight is 474 g/mol. The maximum atomic E-state index is 12.8. The largest absolute Gasteiger partial charge is 0.494 e. The van der Waals surface area contributed by atoms with Gasteiger partial charge in [0.25, 0.3) is 0 Å². The van der Waals surface area contributed by atoms with Crippen molar-refractivity contribution < 1.29 is 14.3 Å². The molecule has 0 radical (unpaired) electrons. The van der Waals surface area contributed by atoms with Gasteiger partial charge in [0.2, 0.25) is 5.91 Å². The first kappa shape index (κ1) is 23.6. The maximum absolute atomic E-state index is 12.8. The number of imidazole rings is 1. The van der Waals surface area contributed by atoms with Crippen LogP contribution >= 0.6 is 11.8 Å². The maximum Gasteiger partial charge on any atom is 0.231 e. The van der Waals surface area contributed by atoms with Crippen LogP contribution in [0.2, 0.25) is 0 Å². The Balaban J connectivity index is 1.51. The minimum absolute atomic E-state index is 0.0659. The minimum atomic E-state index is -0.555. The van der Waals surface area contributed by atoms with Gasteiger partial charge in [0.05, 0.1) is 29.4 Å². The number of Topliss-reactive ketones (excluding diaryl/α,β-unsaturated/α-hetero) is 1. The molecule has 3 aromatic carbocycles. The van der Waals surface area contributed by atoms with Crippen LogP contribution in [0.4, 0.5) is 0 Å². The topological polar surface area (TPSA) is 73.2 Å². The highest BCUT2D eigenvalue weighted by atomic mass is 32.2. The Morgan fingerprint density at radius 3 is 2.41 bits per heavy atom. The first-order valence-electron chi connectivity index (χ1n) is 11.2. The number of aromatic nitrogens is 2. The van der Waals surface area contributed by atoms with Gasteiger partial charge in [-0.15, -0.1) is 0 Å². The monoisotopic (exact) mass is 473 g/mol. The van der Waals surface area contributed by atoms with Crippen LogP contribution in [-0.2, 0) is 16.0 Å². The molecule has 0 bridgehead atoms. The van der Waals surface area contributed by atoms with Crippen molar-refractivity contribution in [2.45, 2.75) is 31.5 Å². The molecule has 0 saturated carbocycles. The summed E-state index contributed by atoms with van der Waals surface area (Å²) in [4.78, 5) is 29.7. The van der Waals surface area contributed by atoms with Crippen molar-refractivity contribution in [1.29, 1.82) is 0 Å². The summed E-state index contributed by atoms with van der Waals surface area (Å²) in [6.07, 6.45) is 0.470. The molecule has 0 spiro atoms. The van der Waals surface area contributed by atoms with Gasteiger partial charge >= 0.3 is 0 Å². The zero-order valence-corrected chi connectivity index (χ0v) is 20.0. The number of amides is 1. The summed E-state index contributed by atoms with van der Waals surface area (Å²) in [6.45, 7) is 4.06. The van der Waals surface area contributed by atoms with Crippen molar-refractivity contribution in [1.82, 2.24) is 14.9 Å². The second-order valence-electron chi connectivity index (χ2n) is 7.85. The highest BCUT2D eigenvalue weighted by Gasteiger charge is 2.19. The molecule has 4 rings (SSSR count). The van der Waals surface area contributed by atoms with E-state index in [0.29, 0.717) is 18.2 Å². The summed E-state index contributed by atoms with van der Waals surface area (Å²) in [6, 6.07) is 24.8. The highest BCUT2D eigenvalue weighted by Crippen LogP contribution is 2.29. The molecule has 6 nitrogen and oxygen atoms in total. The SMILES string of the molecule is CCOc1ccc(-n2c(SCC(=O)N[C@H](Cc3ccccc3)C(C)=O)nc3ccccc32)cc1. The van der Waals surface area contributed by atoms with Crippen LogP contribution in [0.25, 0.3) is 16.7 Å². The summed E-state index contributed by atoms with van der Waals surface area (Å²) in [5.74, 6) is 0.687. The number of rotatable bonds is 10. The van der Waals surface area contributed by atoms with Crippen molar-refractivity contribution in [3.8, 4) is 11.4 Å². The van der Waals surface area contributed by atoms with Crippen molar-refractivity contribution >= 4 is 34.5 Å². The van der Waals surface area contributed by atoms with Crippen LogP contribution in [0, 0.1) is 0 Å². The van der Waals surface area contributed by atoms with Crippen LogP contribution < -0.4 is 10.1 Å². The molecule has 0 aliphatic rings. The van der Waals surface area contributed by atoms with E-state index in [1.165, 1.54) is 18.7 Å². The van der Waals surface area contributed by atoms with Crippen LogP contribution in [0.5, 0.6) is 5.75 Å². The molecular weight excluding hydrogens is 446 g/mol. The summed E-state index contributed by atoms with van der Waals surface area (Å²) in [7, 11) is 0. The first-order chi connectivity index (χ1) is 16.5. The standard InChI is InChI=1S/C27H27N3O3S/c1-3-33-22-15-13-21(14-16-22)30-25-12-8-7-11-23(25)29-27(30)34-18-26(32)28-24(19(2)31)17-20-9-5-4-6-10-20/h4-16,24H,3,17-18H2,1-2H3,(H,28,32)/t24-/m1/s1. The van der Waals surface area contributed by atoms with E-state index in [4.69, 9.17) is 9.72 Å². The number of fused-ring (bicyclic) bond motifs is 1. The Bertz CT molecular complexity index is 1270. The third-order valence-corrected chi connectivity index (χ3v) is 6.32. The Morgan fingerprint density at radius 2 is 1.71 bits per heavy atom. The molecule has 174 valence electrons. The van der Waals surface area contributed by atoms with E-state index in [1.807, 2.05) is 90.4 Å². The highest BCUT2D eigenvalue weighted by molar-refractivity contribution is 7.99. The van der Waals surface area contributed by atoms with Gasteiger partial charge in [0, 0.05) is 5.69 Å². The van der Waals surface area contributed by atoms with Crippen LogP contribution in [-0.4, -0.2) is 39.6 Å². The summed E-state index contributed by atoms with van der Waals surface area (Å²) >= 11 is 1.35. The van der Waals surface area contributed by atoms with Crippen molar-refractivity contribution in [2.75, 3.05) is 12.4 Å². The number of carbonyl (C=O) groups is 2. The Morgan fingerprint density at radius 1 is 1.00 bits per heavy atom. The van der Waals surface area contributed by atoms with Gasteiger partial charge in [-0.25, -0.2) is 4.98 Å². The van der Waals surface area contributed by atoms with E-state index in [-0.39, 0.29) is 17.4 Å². The molecule has 7 heteroatoms. The second kappa shape index (κ2) is 11.0. The van der Waals surface area contributed by atoms with E-state index in [2.05, 4.69) is 5.32 Å². The van der Waals surface area contributed by atoms with Crippen molar-refractivity contribution in [2.24, 2.45) is 0 Å².